The summed E-state index contributed by atoms with van der Waals surface area (Å²) in [5, 5.41) is 14.1. The second kappa shape index (κ2) is 8.69. The molecule has 0 spiro atoms. The second-order valence-electron chi connectivity index (χ2n) is 7.90. The molecule has 1 aromatic heterocycles. The van der Waals surface area contributed by atoms with Gasteiger partial charge in [-0.05, 0) is 54.8 Å². The summed E-state index contributed by atoms with van der Waals surface area (Å²) >= 11 is 17.8. The molecule has 0 radical (unpaired) electrons. The molecule has 6 nitrogen and oxygen atoms in total. The van der Waals surface area contributed by atoms with Crippen LogP contribution in [-0.2, 0) is 0 Å². The lowest BCUT2D eigenvalue weighted by atomic mass is 10.1. The normalized spacial score (nSPS) is 15.4. The first-order valence-electron chi connectivity index (χ1n) is 9.80. The summed E-state index contributed by atoms with van der Waals surface area (Å²) in [4.78, 5) is 28.0. The number of nitrogens with one attached hydrogen (secondary N) is 3. The summed E-state index contributed by atoms with van der Waals surface area (Å²) in [6.45, 7) is 0. The predicted molar refractivity (Wildman–Crippen MR) is 121 cm³/mol. The highest BCUT2D eigenvalue weighted by molar-refractivity contribution is 6.35. The molecule has 176 valence electrons. The van der Waals surface area contributed by atoms with Gasteiger partial charge in [-0.25, -0.2) is 0 Å². The lowest BCUT2D eigenvalue weighted by Gasteiger charge is -2.22. The third kappa shape index (κ3) is 4.94. The SMILES string of the molecule is N#CC1(NC(=O)c2cc3cc(C(=O)NC(c4cc(Cl)cc(Cl)c4)C(F)(F)F)[nH]c3cc2Cl)CC1. The highest BCUT2D eigenvalue weighted by Crippen LogP contribution is 2.37. The van der Waals surface area contributed by atoms with E-state index in [2.05, 4.69) is 10.3 Å². The summed E-state index contributed by atoms with van der Waals surface area (Å²) in [6.07, 6.45) is -3.77. The molecular weight excluding hydrogens is 516 g/mol. The highest BCUT2D eigenvalue weighted by Gasteiger charge is 2.45. The molecule has 1 heterocycles. The first kappa shape index (κ1) is 24.2. The maximum Gasteiger partial charge on any atom is 0.412 e. The number of benzene rings is 2. The van der Waals surface area contributed by atoms with E-state index in [0.717, 1.165) is 12.1 Å². The molecule has 2 aromatic carbocycles. The molecule has 12 heteroatoms. The van der Waals surface area contributed by atoms with Crippen LogP contribution in [0.4, 0.5) is 13.2 Å². The van der Waals surface area contributed by atoms with Crippen molar-refractivity contribution in [2.45, 2.75) is 30.6 Å². The number of carbonyl (C=O) groups excluding carboxylic acids is 2. The molecule has 3 aromatic rings. The number of alkyl halides is 3. The minimum Gasteiger partial charge on any atom is -0.350 e. The van der Waals surface area contributed by atoms with Gasteiger partial charge in [-0.15, -0.1) is 0 Å². The van der Waals surface area contributed by atoms with Crippen LogP contribution in [0, 0.1) is 11.3 Å². The molecule has 4 rings (SSSR count). The molecule has 1 aliphatic carbocycles. The van der Waals surface area contributed by atoms with E-state index in [1.165, 1.54) is 24.3 Å². The number of H-pyrrole nitrogens is 1. The Morgan fingerprint density at radius 2 is 1.68 bits per heavy atom. The van der Waals surface area contributed by atoms with Gasteiger partial charge in [0.15, 0.2) is 6.04 Å². The van der Waals surface area contributed by atoms with Crippen LogP contribution in [-0.4, -0.2) is 28.5 Å². The number of hydrogen-bond donors (Lipinski definition) is 3. The van der Waals surface area contributed by atoms with Crippen molar-refractivity contribution in [3.8, 4) is 6.07 Å². The summed E-state index contributed by atoms with van der Waals surface area (Å²) in [6, 6.07) is 7.15. The fourth-order valence-corrected chi connectivity index (χ4v) is 4.22. The fraction of sp³-hybridized carbons (Fsp3) is 0.227. The van der Waals surface area contributed by atoms with Crippen molar-refractivity contribution in [2.75, 3.05) is 0 Å². The first-order chi connectivity index (χ1) is 15.9. The molecule has 1 fully saturated rings. The van der Waals surface area contributed by atoms with Crippen molar-refractivity contribution in [3.63, 3.8) is 0 Å². The van der Waals surface area contributed by atoms with Gasteiger partial charge in [0.05, 0.1) is 16.7 Å². The maximum atomic E-state index is 13.7. The molecule has 1 unspecified atom stereocenters. The quantitative estimate of drug-likeness (QED) is 0.381. The Labute approximate surface area is 206 Å². The molecule has 0 saturated heterocycles. The summed E-state index contributed by atoms with van der Waals surface area (Å²) in [5.41, 5.74) is -1.01. The zero-order valence-corrected chi connectivity index (χ0v) is 19.3. The molecule has 1 aliphatic rings. The third-order valence-electron chi connectivity index (χ3n) is 5.34. The lowest BCUT2D eigenvalue weighted by molar-refractivity contribution is -0.155. The van der Waals surface area contributed by atoms with Crippen LogP contribution in [0.5, 0.6) is 0 Å². The number of aromatic amines is 1. The summed E-state index contributed by atoms with van der Waals surface area (Å²) < 4.78 is 41.2. The molecule has 34 heavy (non-hydrogen) atoms. The van der Waals surface area contributed by atoms with Crippen molar-refractivity contribution in [2.24, 2.45) is 0 Å². The fourth-order valence-electron chi connectivity index (χ4n) is 3.43. The topological polar surface area (TPSA) is 97.8 Å². The van der Waals surface area contributed by atoms with Crippen LogP contribution >= 0.6 is 34.8 Å². The smallest absolute Gasteiger partial charge is 0.350 e. The van der Waals surface area contributed by atoms with Gasteiger partial charge >= 0.3 is 6.18 Å². The minimum atomic E-state index is -4.83. The lowest BCUT2D eigenvalue weighted by Crippen LogP contribution is -2.38. The molecule has 3 N–H and O–H groups in total. The number of rotatable bonds is 5. The van der Waals surface area contributed by atoms with Gasteiger partial charge in [0.2, 0.25) is 0 Å². The van der Waals surface area contributed by atoms with Gasteiger partial charge < -0.3 is 15.6 Å². The van der Waals surface area contributed by atoms with Gasteiger partial charge in [0.25, 0.3) is 11.8 Å². The molecule has 1 saturated carbocycles. The first-order valence-corrected chi connectivity index (χ1v) is 10.9. The number of fused-ring (bicyclic) bond motifs is 1. The standard InChI is InChI=1S/C22H14Cl3F3N4O2/c23-12-3-11(4-13(24)7-12)18(22(26,27)28)31-20(34)17-6-10-5-14(15(25)8-16(10)30-17)19(33)32-21(9-29)1-2-21/h3-8,18,30H,1-2H2,(H,31,34)(H,32,33). The van der Waals surface area contributed by atoms with Crippen LogP contribution in [0.3, 0.4) is 0 Å². The Hall–Kier alpha value is -2.93. The van der Waals surface area contributed by atoms with Crippen LogP contribution in [0.2, 0.25) is 15.1 Å². The predicted octanol–water partition coefficient (Wildman–Crippen LogP) is 5.95. The van der Waals surface area contributed by atoms with E-state index in [1.807, 2.05) is 11.4 Å². The van der Waals surface area contributed by atoms with Gasteiger partial charge in [-0.1, -0.05) is 34.8 Å². The van der Waals surface area contributed by atoms with Crippen LogP contribution in [0.25, 0.3) is 10.9 Å². The van der Waals surface area contributed by atoms with Crippen molar-refractivity contribution < 1.29 is 22.8 Å². The molecular formula is C22H14Cl3F3N4O2. The number of nitrogens with zero attached hydrogens (tertiary/aromatic N) is 1. The minimum absolute atomic E-state index is 0.0126. The van der Waals surface area contributed by atoms with Gasteiger partial charge in [-0.2, -0.15) is 18.4 Å². The van der Waals surface area contributed by atoms with Crippen molar-refractivity contribution >= 4 is 57.5 Å². The second-order valence-corrected chi connectivity index (χ2v) is 9.18. The molecule has 2 amide bonds. The zero-order valence-electron chi connectivity index (χ0n) is 17.0. The number of carbonyl (C=O) groups is 2. The van der Waals surface area contributed by atoms with E-state index in [4.69, 9.17) is 40.1 Å². The Kier molecular flexibility index (Phi) is 6.19. The number of hydrogen-bond acceptors (Lipinski definition) is 3. The Balaban J connectivity index is 1.62. The molecule has 0 aliphatic heterocycles. The van der Waals surface area contributed by atoms with Crippen molar-refractivity contribution in [1.82, 2.24) is 15.6 Å². The maximum absolute atomic E-state index is 13.7. The van der Waals surface area contributed by atoms with E-state index in [9.17, 15) is 22.8 Å². The Morgan fingerprint density at radius 1 is 1.03 bits per heavy atom. The van der Waals surface area contributed by atoms with Crippen LogP contribution in [0.15, 0.2) is 36.4 Å². The third-order valence-corrected chi connectivity index (χ3v) is 6.08. The number of halogens is 6. The number of nitriles is 1. The van der Waals surface area contributed by atoms with E-state index >= 15 is 0 Å². The zero-order chi connectivity index (χ0) is 24.8. The number of amides is 2. The van der Waals surface area contributed by atoms with E-state index in [0.29, 0.717) is 23.7 Å². The molecule has 0 bridgehead atoms. The molecule has 1 atom stereocenters. The number of aromatic nitrogens is 1. The van der Waals surface area contributed by atoms with E-state index in [1.54, 1.807) is 0 Å². The Bertz CT molecular complexity index is 1340. The van der Waals surface area contributed by atoms with Crippen molar-refractivity contribution in [1.29, 1.82) is 5.26 Å². The van der Waals surface area contributed by atoms with Crippen LogP contribution in [0.1, 0.15) is 45.3 Å². The van der Waals surface area contributed by atoms with E-state index < -0.39 is 29.6 Å². The highest BCUT2D eigenvalue weighted by atomic mass is 35.5. The summed E-state index contributed by atoms with van der Waals surface area (Å²) in [7, 11) is 0. The van der Waals surface area contributed by atoms with Gasteiger partial charge in [0, 0.05) is 20.9 Å². The van der Waals surface area contributed by atoms with Gasteiger partial charge in [-0.3, -0.25) is 9.59 Å². The average Bonchev–Trinajstić information content (AvgIpc) is 3.38. The van der Waals surface area contributed by atoms with Gasteiger partial charge in [0.1, 0.15) is 11.2 Å². The van der Waals surface area contributed by atoms with Crippen LogP contribution < -0.4 is 10.6 Å². The van der Waals surface area contributed by atoms with E-state index in [-0.39, 0.29) is 31.9 Å². The monoisotopic (exact) mass is 528 g/mol. The largest absolute Gasteiger partial charge is 0.412 e. The van der Waals surface area contributed by atoms with Crippen molar-refractivity contribution in [3.05, 3.63) is 68.3 Å². The Morgan fingerprint density at radius 3 is 2.24 bits per heavy atom. The summed E-state index contributed by atoms with van der Waals surface area (Å²) in [5.74, 6) is -1.61. The average molecular weight is 530 g/mol.